The molecule has 0 aliphatic rings. The van der Waals surface area contributed by atoms with Crippen LogP contribution in [0.4, 0.5) is 17.6 Å². The van der Waals surface area contributed by atoms with Gasteiger partial charge in [-0.3, -0.25) is 0 Å². The molecule has 0 saturated carbocycles. The van der Waals surface area contributed by atoms with Gasteiger partial charge in [-0.2, -0.15) is 4.98 Å². The van der Waals surface area contributed by atoms with Gasteiger partial charge in [0.15, 0.2) is 5.65 Å². The van der Waals surface area contributed by atoms with E-state index in [0.29, 0.717) is 16.9 Å². The summed E-state index contributed by atoms with van der Waals surface area (Å²) in [5.41, 5.74) is 2.83. The zero-order valence-corrected chi connectivity index (χ0v) is 17.2. The molecule has 3 heterocycles. The average molecular weight is 445 g/mol. The first-order valence-corrected chi connectivity index (χ1v) is 10.9. The summed E-state index contributed by atoms with van der Waals surface area (Å²) < 4.78 is 27.2. The van der Waals surface area contributed by atoms with Crippen molar-refractivity contribution in [2.75, 3.05) is 10.0 Å². The van der Waals surface area contributed by atoms with Gasteiger partial charge in [0, 0.05) is 29.0 Å². The first-order chi connectivity index (χ1) is 15.6. The number of benzene rings is 2. The van der Waals surface area contributed by atoms with Crippen molar-refractivity contribution in [3.05, 3.63) is 67.0 Å². The van der Waals surface area contributed by atoms with E-state index >= 15 is 0 Å². The Balaban J connectivity index is 1.28. The topological polar surface area (TPSA) is 151 Å². The molecule has 0 fully saturated rings. The van der Waals surface area contributed by atoms with Gasteiger partial charge in [0.05, 0.1) is 11.2 Å². The van der Waals surface area contributed by atoms with Crippen LogP contribution in [0.15, 0.2) is 76.9 Å². The molecule has 12 heteroatoms. The molecule has 5 aromatic rings. The predicted molar refractivity (Wildman–Crippen MR) is 120 cm³/mol. The lowest BCUT2D eigenvalue weighted by atomic mass is 10.2. The molecule has 2 aromatic carbocycles. The summed E-state index contributed by atoms with van der Waals surface area (Å²) in [4.78, 5) is 19.5. The normalized spacial score (nSPS) is 11.9. The van der Waals surface area contributed by atoms with E-state index in [4.69, 9.17) is 0 Å². The third-order valence-electron chi connectivity index (χ3n) is 4.48. The summed E-state index contributed by atoms with van der Waals surface area (Å²) in [5, 5.41) is 12.1. The molecule has 158 valence electrons. The molecule has 0 unspecified atom stereocenters. The smallest absolute Gasteiger partial charge is 0.272 e. The van der Waals surface area contributed by atoms with Gasteiger partial charge in [0.1, 0.15) is 5.52 Å². The molecule has 0 aliphatic carbocycles. The van der Waals surface area contributed by atoms with Crippen molar-refractivity contribution < 1.29 is 8.42 Å². The summed E-state index contributed by atoms with van der Waals surface area (Å²) in [6.07, 6.45) is 4.31. The van der Waals surface area contributed by atoms with Gasteiger partial charge < -0.3 is 10.3 Å². The summed E-state index contributed by atoms with van der Waals surface area (Å²) >= 11 is 0. The number of para-hydroxylation sites is 1. The zero-order chi connectivity index (χ0) is 22.0. The quantitative estimate of drug-likeness (QED) is 0.267. The Morgan fingerprint density at radius 3 is 2.53 bits per heavy atom. The number of rotatable bonds is 6. The number of fused-ring (bicyclic) bond motifs is 3. The van der Waals surface area contributed by atoms with E-state index in [-0.39, 0.29) is 16.8 Å². The monoisotopic (exact) mass is 445 g/mol. The molecule has 0 aliphatic heterocycles. The van der Waals surface area contributed by atoms with Crippen LogP contribution in [-0.2, 0) is 10.0 Å². The van der Waals surface area contributed by atoms with E-state index in [1.807, 2.05) is 24.3 Å². The van der Waals surface area contributed by atoms with E-state index in [1.54, 1.807) is 18.2 Å². The Morgan fingerprint density at radius 1 is 0.938 bits per heavy atom. The molecule has 5 rings (SSSR count). The second kappa shape index (κ2) is 8.00. The number of sulfonamides is 1. The SMILES string of the molecule is O=S(=O)(Nc1ncccn1)c1ccc(NC=Nc2nnc3c(n2)[nH]c2ccccc23)cc1. The van der Waals surface area contributed by atoms with Crippen molar-refractivity contribution in [1.29, 1.82) is 0 Å². The lowest BCUT2D eigenvalue weighted by molar-refractivity contribution is 0.601. The van der Waals surface area contributed by atoms with Crippen LogP contribution in [-0.4, -0.2) is 44.9 Å². The summed E-state index contributed by atoms with van der Waals surface area (Å²) in [7, 11) is -3.79. The van der Waals surface area contributed by atoms with Gasteiger partial charge in [-0.25, -0.2) is 28.1 Å². The van der Waals surface area contributed by atoms with Crippen LogP contribution in [0, 0.1) is 0 Å². The maximum Gasteiger partial charge on any atom is 0.272 e. The van der Waals surface area contributed by atoms with Crippen LogP contribution in [0.2, 0.25) is 0 Å². The Bertz CT molecular complexity index is 1530. The van der Waals surface area contributed by atoms with Crippen molar-refractivity contribution in [2.45, 2.75) is 4.90 Å². The average Bonchev–Trinajstić information content (AvgIpc) is 3.18. The van der Waals surface area contributed by atoms with Crippen molar-refractivity contribution in [3.63, 3.8) is 0 Å². The zero-order valence-electron chi connectivity index (χ0n) is 16.3. The number of aromatic nitrogens is 6. The molecular formula is C20H15N9O2S. The minimum atomic E-state index is -3.79. The summed E-state index contributed by atoms with van der Waals surface area (Å²) in [5.74, 6) is 0.185. The van der Waals surface area contributed by atoms with Crippen molar-refractivity contribution >= 4 is 56.0 Å². The molecule has 0 radical (unpaired) electrons. The van der Waals surface area contributed by atoms with Gasteiger partial charge in [-0.05, 0) is 36.4 Å². The molecule has 32 heavy (non-hydrogen) atoms. The van der Waals surface area contributed by atoms with E-state index in [2.05, 4.69) is 45.2 Å². The minimum absolute atomic E-state index is 0.00220. The van der Waals surface area contributed by atoms with E-state index in [1.165, 1.54) is 30.9 Å². The van der Waals surface area contributed by atoms with Crippen LogP contribution in [0.1, 0.15) is 0 Å². The molecule has 3 aromatic heterocycles. The number of nitrogens with zero attached hydrogens (tertiary/aromatic N) is 6. The number of aromatic amines is 1. The Kier molecular flexibility index (Phi) is 4.88. The number of hydrogen-bond acceptors (Lipinski definition) is 8. The summed E-state index contributed by atoms with van der Waals surface area (Å²) in [6.45, 7) is 0. The number of H-pyrrole nitrogens is 1. The molecular weight excluding hydrogens is 430 g/mol. The van der Waals surface area contributed by atoms with Gasteiger partial charge in [-0.1, -0.05) is 18.2 Å². The van der Waals surface area contributed by atoms with Gasteiger partial charge in [0.25, 0.3) is 16.0 Å². The largest absolute Gasteiger partial charge is 0.346 e. The standard InChI is InChI=1S/C20H15N9O2S/c30-32(31,29-19-21-10-3-11-22-19)14-8-6-13(7-9-14)23-12-24-20-26-18-17(27-28-20)15-4-1-2-5-16(15)25-18/h1-12H,(H,21,22,29)(H2,23,24,25,26,28). The van der Waals surface area contributed by atoms with Crippen molar-refractivity contribution in [2.24, 2.45) is 4.99 Å². The third kappa shape index (κ3) is 3.94. The first kappa shape index (κ1) is 19.5. The molecule has 0 bridgehead atoms. The van der Waals surface area contributed by atoms with Crippen molar-refractivity contribution in [1.82, 2.24) is 30.1 Å². The second-order valence-electron chi connectivity index (χ2n) is 6.58. The maximum absolute atomic E-state index is 12.4. The lowest BCUT2D eigenvalue weighted by Crippen LogP contribution is -2.14. The highest BCUT2D eigenvalue weighted by Crippen LogP contribution is 2.22. The molecule has 3 N–H and O–H groups in total. The Hall–Kier alpha value is -4.45. The summed E-state index contributed by atoms with van der Waals surface area (Å²) in [6, 6.07) is 15.5. The number of hydrogen-bond donors (Lipinski definition) is 3. The lowest BCUT2D eigenvalue weighted by Gasteiger charge is -2.07. The molecule has 0 amide bonds. The predicted octanol–water partition coefficient (Wildman–Crippen LogP) is 2.87. The fourth-order valence-electron chi connectivity index (χ4n) is 2.99. The fourth-order valence-corrected chi connectivity index (χ4v) is 3.95. The van der Waals surface area contributed by atoms with Crippen LogP contribution in [0.5, 0.6) is 0 Å². The molecule has 0 atom stereocenters. The van der Waals surface area contributed by atoms with E-state index in [9.17, 15) is 8.42 Å². The maximum atomic E-state index is 12.4. The van der Waals surface area contributed by atoms with Crippen molar-refractivity contribution in [3.8, 4) is 0 Å². The first-order valence-electron chi connectivity index (χ1n) is 9.39. The highest BCUT2D eigenvalue weighted by molar-refractivity contribution is 7.92. The van der Waals surface area contributed by atoms with E-state index < -0.39 is 10.0 Å². The Morgan fingerprint density at radius 2 is 1.72 bits per heavy atom. The molecule has 0 spiro atoms. The molecule has 11 nitrogen and oxygen atoms in total. The van der Waals surface area contributed by atoms with Gasteiger partial charge >= 0.3 is 0 Å². The van der Waals surface area contributed by atoms with Crippen LogP contribution < -0.4 is 10.0 Å². The minimum Gasteiger partial charge on any atom is -0.346 e. The third-order valence-corrected chi connectivity index (χ3v) is 5.82. The fraction of sp³-hybridized carbons (Fsp3) is 0. The van der Waals surface area contributed by atoms with Crippen LogP contribution >= 0.6 is 0 Å². The van der Waals surface area contributed by atoms with E-state index in [0.717, 1.165) is 10.9 Å². The molecule has 0 saturated heterocycles. The number of anilines is 2. The van der Waals surface area contributed by atoms with Gasteiger partial charge in [-0.15, -0.1) is 10.2 Å². The second-order valence-corrected chi connectivity index (χ2v) is 8.27. The van der Waals surface area contributed by atoms with Gasteiger partial charge in [0.2, 0.25) is 5.95 Å². The number of nitrogens with one attached hydrogen (secondary N) is 3. The van der Waals surface area contributed by atoms with Crippen LogP contribution in [0.3, 0.4) is 0 Å². The number of aliphatic imine (C=N–C) groups is 1. The van der Waals surface area contributed by atoms with Crippen LogP contribution in [0.25, 0.3) is 22.1 Å². The highest BCUT2D eigenvalue weighted by Gasteiger charge is 2.15. The highest BCUT2D eigenvalue weighted by atomic mass is 32.2. The Labute approximate surface area is 181 Å².